The van der Waals surface area contributed by atoms with Gasteiger partial charge in [0.1, 0.15) is 0 Å². The van der Waals surface area contributed by atoms with Gasteiger partial charge in [0, 0.05) is 19.0 Å². The standard InChI is InChI=1S/C15H19NO/c1-10(2)11-4-5-13-12(6-11)9-17-15-8-16(3)7-14(13)15/h4-6,14-15H,1,7-9H2,2-3H3. The average molecular weight is 229 g/mol. The van der Waals surface area contributed by atoms with E-state index in [2.05, 4.69) is 43.6 Å². The van der Waals surface area contributed by atoms with E-state index in [0.717, 1.165) is 25.3 Å². The van der Waals surface area contributed by atoms with Gasteiger partial charge in [-0.15, -0.1) is 0 Å². The summed E-state index contributed by atoms with van der Waals surface area (Å²) in [7, 11) is 2.17. The van der Waals surface area contributed by atoms with Crippen LogP contribution < -0.4 is 0 Å². The zero-order valence-electron chi connectivity index (χ0n) is 10.6. The topological polar surface area (TPSA) is 12.5 Å². The monoisotopic (exact) mass is 229 g/mol. The molecule has 1 fully saturated rings. The van der Waals surface area contributed by atoms with Crippen molar-refractivity contribution in [2.75, 3.05) is 20.1 Å². The van der Waals surface area contributed by atoms with Crippen LogP contribution in [0.25, 0.3) is 5.57 Å². The molecular formula is C15H19NO. The van der Waals surface area contributed by atoms with Gasteiger partial charge in [-0.1, -0.05) is 24.3 Å². The van der Waals surface area contributed by atoms with Crippen molar-refractivity contribution >= 4 is 5.57 Å². The van der Waals surface area contributed by atoms with E-state index in [1.54, 1.807) is 0 Å². The molecule has 0 amide bonds. The molecule has 0 spiro atoms. The van der Waals surface area contributed by atoms with Crippen LogP contribution in [-0.4, -0.2) is 31.1 Å². The molecule has 90 valence electrons. The molecule has 2 nitrogen and oxygen atoms in total. The highest BCUT2D eigenvalue weighted by Crippen LogP contribution is 2.37. The number of ether oxygens (including phenoxy) is 1. The Bertz CT molecular complexity index is 466. The van der Waals surface area contributed by atoms with Crippen LogP contribution >= 0.6 is 0 Å². The summed E-state index contributed by atoms with van der Waals surface area (Å²) < 4.78 is 5.96. The molecule has 2 aliphatic heterocycles. The molecule has 0 radical (unpaired) electrons. The lowest BCUT2D eigenvalue weighted by Gasteiger charge is -2.28. The molecule has 0 aliphatic carbocycles. The van der Waals surface area contributed by atoms with Gasteiger partial charge in [0.25, 0.3) is 0 Å². The van der Waals surface area contributed by atoms with E-state index in [1.165, 1.54) is 16.7 Å². The summed E-state index contributed by atoms with van der Waals surface area (Å²) in [6.07, 6.45) is 0.392. The maximum atomic E-state index is 5.96. The maximum absolute atomic E-state index is 5.96. The van der Waals surface area contributed by atoms with Gasteiger partial charge in [-0.2, -0.15) is 0 Å². The smallest absolute Gasteiger partial charge is 0.0787 e. The van der Waals surface area contributed by atoms with Crippen LogP contribution in [0.1, 0.15) is 29.5 Å². The van der Waals surface area contributed by atoms with Gasteiger partial charge < -0.3 is 9.64 Å². The molecule has 0 N–H and O–H groups in total. The Balaban J connectivity index is 1.99. The minimum Gasteiger partial charge on any atom is -0.372 e. The molecule has 2 aliphatic rings. The molecule has 2 heterocycles. The van der Waals surface area contributed by atoms with E-state index in [-0.39, 0.29) is 0 Å². The molecule has 0 saturated carbocycles. The van der Waals surface area contributed by atoms with Gasteiger partial charge >= 0.3 is 0 Å². The Labute approximate surface area is 103 Å². The lowest BCUT2D eigenvalue weighted by molar-refractivity contribution is 0.0262. The maximum Gasteiger partial charge on any atom is 0.0787 e. The van der Waals surface area contributed by atoms with Crippen molar-refractivity contribution in [3.8, 4) is 0 Å². The quantitative estimate of drug-likeness (QED) is 0.734. The third-order valence-corrected chi connectivity index (χ3v) is 3.94. The third-order valence-electron chi connectivity index (χ3n) is 3.94. The molecular weight excluding hydrogens is 210 g/mol. The van der Waals surface area contributed by atoms with Gasteiger partial charge in [0.15, 0.2) is 0 Å². The number of benzene rings is 1. The number of likely N-dealkylation sites (tertiary alicyclic amines) is 1. The molecule has 2 atom stereocenters. The van der Waals surface area contributed by atoms with Crippen LogP contribution in [-0.2, 0) is 11.3 Å². The summed E-state index contributed by atoms with van der Waals surface area (Å²) in [5.74, 6) is 0.558. The molecule has 0 bridgehead atoms. The van der Waals surface area contributed by atoms with Gasteiger partial charge in [-0.05, 0) is 36.7 Å². The molecule has 1 aromatic rings. The normalized spacial score (nSPS) is 27.6. The fraction of sp³-hybridized carbons (Fsp3) is 0.467. The van der Waals surface area contributed by atoms with Crippen molar-refractivity contribution in [3.05, 3.63) is 41.5 Å². The van der Waals surface area contributed by atoms with Gasteiger partial charge in [-0.25, -0.2) is 0 Å². The molecule has 2 heteroatoms. The van der Waals surface area contributed by atoms with Gasteiger partial charge in [0.05, 0.1) is 12.7 Å². The highest BCUT2D eigenvalue weighted by atomic mass is 16.5. The first-order valence-electron chi connectivity index (χ1n) is 6.24. The zero-order valence-corrected chi connectivity index (χ0v) is 10.6. The Morgan fingerprint density at radius 3 is 3.00 bits per heavy atom. The first-order chi connectivity index (χ1) is 8.15. The molecule has 1 aromatic carbocycles. The highest BCUT2D eigenvalue weighted by molar-refractivity contribution is 5.62. The average Bonchev–Trinajstić information content (AvgIpc) is 2.69. The number of nitrogens with zero attached hydrogens (tertiary/aromatic N) is 1. The zero-order chi connectivity index (χ0) is 12.0. The summed E-state index contributed by atoms with van der Waals surface area (Å²) in [5, 5.41) is 0. The first kappa shape index (κ1) is 11.0. The van der Waals surface area contributed by atoms with Crippen LogP contribution in [0, 0.1) is 0 Å². The first-order valence-corrected chi connectivity index (χ1v) is 6.24. The number of allylic oxidation sites excluding steroid dienone is 1. The van der Waals surface area contributed by atoms with Crippen LogP contribution in [0.15, 0.2) is 24.8 Å². The SMILES string of the molecule is C=C(C)c1ccc2c(c1)COC1CN(C)CC21. The van der Waals surface area contributed by atoms with Crippen LogP contribution in [0.3, 0.4) is 0 Å². The minimum absolute atomic E-state index is 0.392. The largest absolute Gasteiger partial charge is 0.372 e. The van der Waals surface area contributed by atoms with Crippen molar-refractivity contribution in [2.24, 2.45) is 0 Å². The fourth-order valence-electron chi connectivity index (χ4n) is 2.98. The van der Waals surface area contributed by atoms with Crippen molar-refractivity contribution in [2.45, 2.75) is 25.6 Å². The van der Waals surface area contributed by atoms with Crippen LogP contribution in [0.4, 0.5) is 0 Å². The van der Waals surface area contributed by atoms with E-state index in [0.29, 0.717) is 12.0 Å². The van der Waals surface area contributed by atoms with E-state index in [1.807, 2.05) is 0 Å². The van der Waals surface area contributed by atoms with Crippen molar-refractivity contribution in [3.63, 3.8) is 0 Å². The summed E-state index contributed by atoms with van der Waals surface area (Å²) in [4.78, 5) is 2.36. The predicted molar refractivity (Wildman–Crippen MR) is 70.0 cm³/mol. The minimum atomic E-state index is 0.392. The second-order valence-electron chi connectivity index (χ2n) is 5.37. The molecule has 2 unspecified atom stereocenters. The molecule has 0 aromatic heterocycles. The third kappa shape index (κ3) is 1.81. The van der Waals surface area contributed by atoms with E-state index in [9.17, 15) is 0 Å². The van der Waals surface area contributed by atoms with Crippen molar-refractivity contribution < 1.29 is 4.74 Å². The Morgan fingerprint density at radius 2 is 2.24 bits per heavy atom. The van der Waals surface area contributed by atoms with Crippen molar-refractivity contribution in [1.82, 2.24) is 4.90 Å². The summed E-state index contributed by atoms with van der Waals surface area (Å²) in [6, 6.07) is 6.72. The summed E-state index contributed by atoms with van der Waals surface area (Å²) in [5.41, 5.74) is 5.19. The lowest BCUT2D eigenvalue weighted by Crippen LogP contribution is -2.26. The molecule has 3 rings (SSSR count). The second kappa shape index (κ2) is 3.97. The summed E-state index contributed by atoms with van der Waals surface area (Å²) in [6.45, 7) is 8.99. The Hall–Kier alpha value is -1.12. The molecule has 17 heavy (non-hydrogen) atoms. The second-order valence-corrected chi connectivity index (χ2v) is 5.37. The Kier molecular flexibility index (Phi) is 2.57. The number of rotatable bonds is 1. The Morgan fingerprint density at radius 1 is 1.41 bits per heavy atom. The van der Waals surface area contributed by atoms with Crippen LogP contribution in [0.2, 0.25) is 0 Å². The van der Waals surface area contributed by atoms with Crippen molar-refractivity contribution in [1.29, 1.82) is 0 Å². The lowest BCUT2D eigenvalue weighted by atomic mass is 9.88. The number of likely N-dealkylation sites (N-methyl/N-ethyl adjacent to an activating group) is 1. The van der Waals surface area contributed by atoms with E-state index < -0.39 is 0 Å². The predicted octanol–water partition coefficient (Wildman–Crippen LogP) is 2.65. The van der Waals surface area contributed by atoms with Crippen LogP contribution in [0.5, 0.6) is 0 Å². The molecule has 1 saturated heterocycles. The van der Waals surface area contributed by atoms with Gasteiger partial charge in [-0.3, -0.25) is 0 Å². The number of fused-ring (bicyclic) bond motifs is 3. The highest BCUT2D eigenvalue weighted by Gasteiger charge is 2.36. The van der Waals surface area contributed by atoms with E-state index in [4.69, 9.17) is 4.74 Å². The summed E-state index contributed by atoms with van der Waals surface area (Å²) >= 11 is 0. The van der Waals surface area contributed by atoms with E-state index >= 15 is 0 Å². The van der Waals surface area contributed by atoms with Gasteiger partial charge in [0.2, 0.25) is 0 Å². The number of hydrogen-bond donors (Lipinski definition) is 0. The number of hydrogen-bond acceptors (Lipinski definition) is 2. The fourth-order valence-corrected chi connectivity index (χ4v) is 2.98.